The van der Waals surface area contributed by atoms with Gasteiger partial charge in [0.2, 0.25) is 0 Å². The van der Waals surface area contributed by atoms with Gasteiger partial charge in [-0.2, -0.15) is 0 Å². The molecule has 0 saturated carbocycles. The van der Waals surface area contributed by atoms with Gasteiger partial charge in [-0.1, -0.05) is 19.6 Å². The summed E-state index contributed by atoms with van der Waals surface area (Å²) in [6.45, 7) is 1.31. The van der Waals surface area contributed by atoms with E-state index in [0.29, 0.717) is 0 Å². The Hall–Kier alpha value is -4.02. The van der Waals surface area contributed by atoms with Gasteiger partial charge in [-0.05, 0) is 19.1 Å². The second-order valence-corrected chi connectivity index (χ2v) is 4.85. The van der Waals surface area contributed by atoms with Crippen LogP contribution in [0, 0.1) is 20.2 Å². The van der Waals surface area contributed by atoms with Gasteiger partial charge >= 0.3 is 5.97 Å². The van der Waals surface area contributed by atoms with Crippen LogP contribution in [0.1, 0.15) is 35.1 Å². The molecule has 0 fully saturated rings. The molecule has 0 aromatic heterocycles. The number of benzene rings is 2. The van der Waals surface area contributed by atoms with E-state index < -0.39 is 15.8 Å². The van der Waals surface area contributed by atoms with Gasteiger partial charge in [-0.3, -0.25) is 25.0 Å². The van der Waals surface area contributed by atoms with E-state index in [9.17, 15) is 29.8 Å². The number of nitro groups is 2. The molecule has 0 heterocycles. The Bertz CT molecular complexity index is 758. The van der Waals surface area contributed by atoms with Crippen molar-refractivity contribution in [2.75, 3.05) is 11.5 Å². The van der Waals surface area contributed by atoms with Gasteiger partial charge in [0, 0.05) is 17.7 Å². The molecule has 11 heteroatoms. The summed E-state index contributed by atoms with van der Waals surface area (Å²) >= 11 is 0. The minimum absolute atomic E-state index is 0. The minimum atomic E-state index is -1.28. The Kier molecular flexibility index (Phi) is 8.05. The number of carboxylic acids is 1. The van der Waals surface area contributed by atoms with Crippen molar-refractivity contribution in [1.82, 2.24) is 0 Å². The van der Waals surface area contributed by atoms with Crippen molar-refractivity contribution < 1.29 is 24.5 Å². The lowest BCUT2D eigenvalue weighted by Crippen LogP contribution is -2.04. The zero-order chi connectivity index (χ0) is 20.0. The highest BCUT2D eigenvalue weighted by Gasteiger charge is 2.18. The van der Waals surface area contributed by atoms with Gasteiger partial charge in [-0.25, -0.2) is 4.79 Å². The standard InChI is InChI=1S/C8H8N2O3.C7H6N2O4.CH4/c1-5(11)6-3-2-4-7(8(6)9)10(12)13;8-6-4(7(10)11)2-1-3-5(6)9(12)13;/h2-4H,9H2,1H3;1-3H,8H2,(H,10,11);1H4. The number of para-hydroxylation sites is 2. The van der Waals surface area contributed by atoms with Crippen molar-refractivity contribution in [2.45, 2.75) is 14.4 Å². The lowest BCUT2D eigenvalue weighted by Gasteiger charge is -2.00. The molecule has 0 aliphatic carbocycles. The van der Waals surface area contributed by atoms with Gasteiger partial charge in [0.05, 0.1) is 15.4 Å². The van der Waals surface area contributed by atoms with Gasteiger partial charge in [0.1, 0.15) is 11.4 Å². The first-order valence-corrected chi connectivity index (χ1v) is 6.87. The van der Waals surface area contributed by atoms with E-state index in [-0.39, 0.29) is 47.1 Å². The zero-order valence-corrected chi connectivity index (χ0v) is 13.4. The molecule has 0 spiro atoms. The molecule has 0 radical (unpaired) electrons. The highest BCUT2D eigenvalue weighted by molar-refractivity contribution is 6.00. The maximum Gasteiger partial charge on any atom is 0.338 e. The summed E-state index contributed by atoms with van der Waals surface area (Å²) in [4.78, 5) is 40.8. The Morgan fingerprint density at radius 2 is 1.26 bits per heavy atom. The molecule has 0 atom stereocenters. The fourth-order valence-corrected chi connectivity index (χ4v) is 1.92. The summed E-state index contributed by atoms with van der Waals surface area (Å²) in [5, 5.41) is 29.3. The smallest absolute Gasteiger partial charge is 0.338 e. The first kappa shape index (κ1) is 23.0. The third kappa shape index (κ3) is 5.49. The Balaban J connectivity index is 0.000000483. The SMILES string of the molecule is C.CC(=O)c1cccc([N+](=O)[O-])c1N.Nc1c(C(=O)O)cccc1[N+](=O)[O-]. The zero-order valence-electron chi connectivity index (χ0n) is 13.4. The predicted octanol–water partition coefficient (Wildman–Crippen LogP) is 2.89. The summed E-state index contributed by atoms with van der Waals surface area (Å²) in [5.74, 6) is -1.55. The number of nitrogens with two attached hydrogens (primary N) is 2. The maximum atomic E-state index is 10.9. The molecule has 0 amide bonds. The van der Waals surface area contributed by atoms with Crippen molar-refractivity contribution in [3.8, 4) is 0 Å². The number of nitrogens with zero attached hydrogens (tertiary/aromatic N) is 2. The molecular formula is C16H18N4O7. The lowest BCUT2D eigenvalue weighted by molar-refractivity contribution is -0.384. The number of carboxylic acid groups (broad SMARTS) is 1. The average molecular weight is 378 g/mol. The van der Waals surface area contributed by atoms with Gasteiger partial charge in [0.15, 0.2) is 5.78 Å². The Morgan fingerprint density at radius 1 is 0.889 bits per heavy atom. The number of hydrogen-bond acceptors (Lipinski definition) is 8. The van der Waals surface area contributed by atoms with E-state index in [0.717, 1.165) is 6.07 Å². The number of anilines is 2. The number of hydrogen-bond donors (Lipinski definition) is 3. The number of ketones is 1. The molecule has 0 aliphatic heterocycles. The number of carbonyl (C=O) groups excluding carboxylic acids is 1. The van der Waals surface area contributed by atoms with Crippen LogP contribution in [0.4, 0.5) is 22.7 Å². The van der Waals surface area contributed by atoms with E-state index in [1.807, 2.05) is 0 Å². The molecule has 2 aromatic rings. The number of carbonyl (C=O) groups is 2. The van der Waals surface area contributed by atoms with Crippen LogP contribution in [0.5, 0.6) is 0 Å². The second kappa shape index (κ2) is 9.46. The van der Waals surface area contributed by atoms with Crippen LogP contribution in [-0.2, 0) is 0 Å². The van der Waals surface area contributed by atoms with Crippen molar-refractivity contribution >= 4 is 34.5 Å². The molecule has 0 unspecified atom stereocenters. The fourth-order valence-electron chi connectivity index (χ4n) is 1.92. The minimum Gasteiger partial charge on any atom is -0.478 e. The first-order chi connectivity index (χ1) is 12.1. The molecule has 2 aromatic carbocycles. The first-order valence-electron chi connectivity index (χ1n) is 6.87. The molecule has 5 N–H and O–H groups in total. The highest BCUT2D eigenvalue weighted by atomic mass is 16.6. The molecule has 0 saturated heterocycles. The van der Waals surface area contributed by atoms with Crippen molar-refractivity contribution in [1.29, 1.82) is 0 Å². The number of rotatable bonds is 4. The fraction of sp³-hybridized carbons (Fsp3) is 0.125. The molecule has 0 aliphatic rings. The number of Topliss-reactive ketones (excluding diaryl/α,β-unsaturated/α-hetero) is 1. The van der Waals surface area contributed by atoms with Crippen LogP contribution in [0.2, 0.25) is 0 Å². The maximum absolute atomic E-state index is 10.9. The van der Waals surface area contributed by atoms with Gasteiger partial charge in [-0.15, -0.1) is 0 Å². The molecule has 0 bridgehead atoms. The summed E-state index contributed by atoms with van der Waals surface area (Å²) in [5.41, 5.74) is 9.61. The normalized spacial score (nSPS) is 9.22. The van der Waals surface area contributed by atoms with Crippen molar-refractivity contribution in [2.24, 2.45) is 0 Å². The van der Waals surface area contributed by atoms with Crippen LogP contribution < -0.4 is 11.5 Å². The van der Waals surface area contributed by atoms with Crippen LogP contribution in [-0.4, -0.2) is 26.7 Å². The van der Waals surface area contributed by atoms with E-state index in [4.69, 9.17) is 16.6 Å². The molecule has 11 nitrogen and oxygen atoms in total. The third-order valence-corrected chi connectivity index (χ3v) is 3.17. The van der Waals surface area contributed by atoms with Crippen LogP contribution in [0.15, 0.2) is 36.4 Å². The summed E-state index contributed by atoms with van der Waals surface area (Å²) in [7, 11) is 0. The predicted molar refractivity (Wildman–Crippen MR) is 98.7 cm³/mol. The average Bonchev–Trinajstić information content (AvgIpc) is 2.54. The number of nitro benzene ring substituents is 2. The topological polar surface area (TPSA) is 193 Å². The lowest BCUT2D eigenvalue weighted by atomic mass is 10.1. The Morgan fingerprint density at radius 3 is 1.59 bits per heavy atom. The number of aromatic carboxylic acids is 1. The molecule has 144 valence electrons. The van der Waals surface area contributed by atoms with Crippen LogP contribution in [0.25, 0.3) is 0 Å². The number of nitrogen functional groups attached to an aromatic ring is 2. The summed E-state index contributed by atoms with van der Waals surface area (Å²) < 4.78 is 0. The largest absolute Gasteiger partial charge is 0.478 e. The summed E-state index contributed by atoms with van der Waals surface area (Å²) in [6.07, 6.45) is 0. The molecule has 27 heavy (non-hydrogen) atoms. The van der Waals surface area contributed by atoms with Crippen molar-refractivity contribution in [3.63, 3.8) is 0 Å². The van der Waals surface area contributed by atoms with E-state index in [1.165, 1.54) is 37.3 Å². The van der Waals surface area contributed by atoms with E-state index >= 15 is 0 Å². The second-order valence-electron chi connectivity index (χ2n) is 4.85. The van der Waals surface area contributed by atoms with Crippen molar-refractivity contribution in [3.05, 3.63) is 67.8 Å². The van der Waals surface area contributed by atoms with Crippen LogP contribution in [0.3, 0.4) is 0 Å². The third-order valence-electron chi connectivity index (χ3n) is 3.17. The van der Waals surface area contributed by atoms with E-state index in [2.05, 4.69) is 0 Å². The van der Waals surface area contributed by atoms with Gasteiger partial charge < -0.3 is 16.6 Å². The van der Waals surface area contributed by atoms with E-state index in [1.54, 1.807) is 0 Å². The van der Waals surface area contributed by atoms with Crippen LogP contribution >= 0.6 is 0 Å². The van der Waals surface area contributed by atoms with Gasteiger partial charge in [0.25, 0.3) is 11.4 Å². The summed E-state index contributed by atoms with van der Waals surface area (Å²) in [6, 6.07) is 7.81. The monoisotopic (exact) mass is 378 g/mol. The molecular weight excluding hydrogens is 360 g/mol. The molecule has 2 rings (SSSR count). The quantitative estimate of drug-likeness (QED) is 0.310. The highest BCUT2D eigenvalue weighted by Crippen LogP contribution is 2.25. The Labute approximate surface area is 153 Å².